The first-order valence-electron chi connectivity index (χ1n) is 9.28. The van der Waals surface area contributed by atoms with Crippen LogP contribution < -0.4 is 5.32 Å². The summed E-state index contributed by atoms with van der Waals surface area (Å²) in [6.45, 7) is 0.935. The van der Waals surface area contributed by atoms with Gasteiger partial charge in [0.25, 0.3) is 0 Å². The van der Waals surface area contributed by atoms with Crippen LogP contribution in [0.3, 0.4) is 0 Å². The third kappa shape index (κ3) is 5.79. The third-order valence-electron chi connectivity index (χ3n) is 5.23. The molecule has 0 radical (unpaired) electrons. The maximum absolute atomic E-state index is 12.6. The molecule has 140 valence electrons. The standard InChI is InChI=1S/C18H28N2O3S2/c21-18(19-15-6-3-1-2-4-7-15)13-20(12-17-8-5-10-24-17)16-9-11-25(22,23)14-16/h5,8,10,15-16H,1-4,6-7,9,11-14H2,(H,19,21). The van der Waals surface area contributed by atoms with Gasteiger partial charge in [-0.1, -0.05) is 31.7 Å². The molecule has 2 aliphatic rings. The summed E-state index contributed by atoms with van der Waals surface area (Å²) in [5.41, 5.74) is 0. The summed E-state index contributed by atoms with van der Waals surface area (Å²) in [6.07, 6.45) is 7.65. The van der Waals surface area contributed by atoms with Gasteiger partial charge < -0.3 is 5.32 Å². The molecule has 1 aromatic rings. The Balaban J connectivity index is 1.61. The summed E-state index contributed by atoms with van der Waals surface area (Å²) in [7, 11) is -2.96. The fourth-order valence-electron chi connectivity index (χ4n) is 3.86. The highest BCUT2D eigenvalue weighted by Crippen LogP contribution is 2.22. The molecule has 1 aliphatic carbocycles. The molecule has 3 rings (SSSR count). The van der Waals surface area contributed by atoms with E-state index in [1.165, 1.54) is 30.6 Å². The van der Waals surface area contributed by atoms with Crippen LogP contribution in [-0.4, -0.2) is 49.4 Å². The number of nitrogens with one attached hydrogen (secondary N) is 1. The Kier molecular flexibility index (Phi) is 6.52. The van der Waals surface area contributed by atoms with Crippen molar-refractivity contribution >= 4 is 27.1 Å². The molecule has 5 nitrogen and oxygen atoms in total. The van der Waals surface area contributed by atoms with Gasteiger partial charge in [-0.3, -0.25) is 9.69 Å². The number of sulfone groups is 1. The zero-order valence-electron chi connectivity index (χ0n) is 14.7. The smallest absolute Gasteiger partial charge is 0.234 e. The van der Waals surface area contributed by atoms with Crippen LogP contribution in [0.25, 0.3) is 0 Å². The average molecular weight is 385 g/mol. The minimum absolute atomic E-state index is 0.0350. The van der Waals surface area contributed by atoms with Crippen molar-refractivity contribution in [3.05, 3.63) is 22.4 Å². The molecule has 25 heavy (non-hydrogen) atoms. The first kappa shape index (κ1) is 18.9. The van der Waals surface area contributed by atoms with E-state index in [4.69, 9.17) is 0 Å². The van der Waals surface area contributed by atoms with Crippen LogP contribution in [-0.2, 0) is 21.2 Å². The third-order valence-corrected chi connectivity index (χ3v) is 7.84. The molecule has 1 saturated heterocycles. The Morgan fingerprint density at radius 2 is 1.96 bits per heavy atom. The van der Waals surface area contributed by atoms with Crippen molar-refractivity contribution in [1.82, 2.24) is 10.2 Å². The van der Waals surface area contributed by atoms with Gasteiger partial charge in [0.2, 0.25) is 5.91 Å². The largest absolute Gasteiger partial charge is 0.352 e. The predicted octanol–water partition coefficient (Wildman–Crippen LogP) is 2.58. The topological polar surface area (TPSA) is 66.5 Å². The Bertz CT molecular complexity index is 650. The van der Waals surface area contributed by atoms with E-state index in [1.54, 1.807) is 11.3 Å². The molecule has 1 atom stereocenters. The van der Waals surface area contributed by atoms with Crippen molar-refractivity contribution < 1.29 is 13.2 Å². The Labute approximate surface area is 154 Å². The molecule has 0 aromatic carbocycles. The molecule has 2 heterocycles. The van der Waals surface area contributed by atoms with Crippen molar-refractivity contribution in [2.75, 3.05) is 18.1 Å². The lowest BCUT2D eigenvalue weighted by atomic mass is 10.1. The lowest BCUT2D eigenvalue weighted by Gasteiger charge is -2.28. The maximum atomic E-state index is 12.6. The lowest BCUT2D eigenvalue weighted by molar-refractivity contribution is -0.123. The number of rotatable bonds is 6. The van der Waals surface area contributed by atoms with Gasteiger partial charge >= 0.3 is 0 Å². The summed E-state index contributed by atoms with van der Waals surface area (Å²) in [6, 6.07) is 4.28. The number of nitrogens with zero attached hydrogens (tertiary/aromatic N) is 1. The first-order chi connectivity index (χ1) is 12.0. The van der Waals surface area contributed by atoms with E-state index >= 15 is 0 Å². The minimum atomic E-state index is -2.96. The second-order valence-electron chi connectivity index (χ2n) is 7.30. The molecule has 1 N–H and O–H groups in total. The fraction of sp³-hybridized carbons (Fsp3) is 0.722. The average Bonchev–Trinajstić information content (AvgIpc) is 3.11. The van der Waals surface area contributed by atoms with E-state index in [0.717, 1.165) is 12.8 Å². The molecule has 0 bridgehead atoms. The highest BCUT2D eigenvalue weighted by Gasteiger charge is 2.33. The molecule has 1 aliphatic heterocycles. The Morgan fingerprint density at radius 3 is 2.56 bits per heavy atom. The summed E-state index contributed by atoms with van der Waals surface area (Å²) >= 11 is 1.65. The van der Waals surface area contributed by atoms with E-state index < -0.39 is 9.84 Å². The monoisotopic (exact) mass is 384 g/mol. The number of thiophene rings is 1. The number of hydrogen-bond donors (Lipinski definition) is 1. The normalized spacial score (nSPS) is 24.3. The molecule has 1 unspecified atom stereocenters. The molecule has 2 fully saturated rings. The van der Waals surface area contributed by atoms with Gasteiger partial charge in [-0.2, -0.15) is 0 Å². The van der Waals surface area contributed by atoms with Crippen LogP contribution in [0.4, 0.5) is 0 Å². The van der Waals surface area contributed by atoms with E-state index in [1.807, 2.05) is 17.5 Å². The van der Waals surface area contributed by atoms with E-state index in [0.29, 0.717) is 13.0 Å². The summed E-state index contributed by atoms with van der Waals surface area (Å²) in [5, 5.41) is 5.20. The number of hydrogen-bond acceptors (Lipinski definition) is 5. The zero-order valence-corrected chi connectivity index (χ0v) is 16.3. The van der Waals surface area contributed by atoms with E-state index in [-0.39, 0.29) is 36.0 Å². The lowest BCUT2D eigenvalue weighted by Crippen LogP contribution is -2.45. The molecule has 7 heteroatoms. The van der Waals surface area contributed by atoms with Crippen molar-refractivity contribution in [2.45, 2.75) is 63.6 Å². The second kappa shape index (κ2) is 8.64. The number of carbonyl (C=O) groups is 1. The molecule has 1 saturated carbocycles. The highest BCUT2D eigenvalue weighted by molar-refractivity contribution is 7.91. The van der Waals surface area contributed by atoms with Crippen molar-refractivity contribution in [3.8, 4) is 0 Å². The van der Waals surface area contributed by atoms with Crippen LogP contribution in [0, 0.1) is 0 Å². The maximum Gasteiger partial charge on any atom is 0.234 e. The van der Waals surface area contributed by atoms with Gasteiger partial charge in [-0.15, -0.1) is 11.3 Å². The zero-order chi connectivity index (χ0) is 17.7. The SMILES string of the molecule is O=C(CN(Cc1cccs1)C1CCS(=O)(=O)C1)NC1CCCCCC1. The minimum Gasteiger partial charge on any atom is -0.352 e. The molecule has 1 aromatic heterocycles. The summed E-state index contributed by atoms with van der Waals surface area (Å²) < 4.78 is 23.7. The van der Waals surface area contributed by atoms with Gasteiger partial charge in [-0.05, 0) is 30.7 Å². The van der Waals surface area contributed by atoms with Crippen LogP contribution in [0.15, 0.2) is 17.5 Å². The van der Waals surface area contributed by atoms with Crippen molar-refractivity contribution in [1.29, 1.82) is 0 Å². The molecule has 0 spiro atoms. The molecular weight excluding hydrogens is 356 g/mol. The summed E-state index contributed by atoms with van der Waals surface area (Å²) in [5.74, 6) is 0.450. The van der Waals surface area contributed by atoms with Crippen LogP contribution in [0.5, 0.6) is 0 Å². The van der Waals surface area contributed by atoms with Crippen LogP contribution in [0.1, 0.15) is 49.8 Å². The first-order valence-corrected chi connectivity index (χ1v) is 12.0. The Hall–Kier alpha value is -0.920. The van der Waals surface area contributed by atoms with E-state index in [9.17, 15) is 13.2 Å². The van der Waals surface area contributed by atoms with Gasteiger partial charge in [0.15, 0.2) is 9.84 Å². The van der Waals surface area contributed by atoms with Crippen molar-refractivity contribution in [3.63, 3.8) is 0 Å². The summed E-state index contributed by atoms with van der Waals surface area (Å²) in [4.78, 5) is 15.8. The second-order valence-corrected chi connectivity index (χ2v) is 10.6. The Morgan fingerprint density at radius 1 is 1.20 bits per heavy atom. The predicted molar refractivity (Wildman–Crippen MR) is 101 cm³/mol. The molecular formula is C18H28N2O3S2. The van der Waals surface area contributed by atoms with Crippen LogP contribution >= 0.6 is 11.3 Å². The van der Waals surface area contributed by atoms with Crippen molar-refractivity contribution in [2.24, 2.45) is 0 Å². The van der Waals surface area contributed by atoms with Gasteiger partial charge in [-0.25, -0.2) is 8.42 Å². The molecule has 1 amide bonds. The van der Waals surface area contributed by atoms with Gasteiger partial charge in [0.05, 0.1) is 18.1 Å². The highest BCUT2D eigenvalue weighted by atomic mass is 32.2. The number of amides is 1. The van der Waals surface area contributed by atoms with E-state index in [2.05, 4.69) is 10.2 Å². The quantitative estimate of drug-likeness (QED) is 0.766. The number of carbonyl (C=O) groups excluding carboxylic acids is 1. The fourth-order valence-corrected chi connectivity index (χ4v) is 6.35. The van der Waals surface area contributed by atoms with Gasteiger partial charge in [0.1, 0.15) is 0 Å². The van der Waals surface area contributed by atoms with Gasteiger partial charge in [0, 0.05) is 23.5 Å². The van der Waals surface area contributed by atoms with Crippen LogP contribution in [0.2, 0.25) is 0 Å².